The third-order valence-electron chi connectivity index (χ3n) is 3.71. The number of anilines is 1. The molecule has 116 valence electrons. The summed E-state index contributed by atoms with van der Waals surface area (Å²) in [5.74, 6) is 0.298. The van der Waals surface area contributed by atoms with Crippen molar-refractivity contribution in [1.82, 2.24) is 5.32 Å². The lowest BCUT2D eigenvalue weighted by molar-refractivity contribution is -0.137. The number of piperidine rings is 1. The number of hydrogen-bond donors (Lipinski definition) is 2. The van der Waals surface area contributed by atoms with Crippen LogP contribution in [0.25, 0.3) is 0 Å². The minimum atomic E-state index is -4.39. The van der Waals surface area contributed by atoms with Crippen LogP contribution in [0.5, 0.6) is 0 Å². The molecule has 0 aromatic heterocycles. The quantitative estimate of drug-likeness (QED) is 0.894. The number of halogens is 3. The number of carbonyl (C=O) groups excluding carboxylic acids is 1. The highest BCUT2D eigenvalue weighted by Gasteiger charge is 2.30. The molecule has 1 saturated heterocycles. The van der Waals surface area contributed by atoms with Gasteiger partial charge in [0, 0.05) is 12.1 Å². The molecule has 0 atom stereocenters. The van der Waals surface area contributed by atoms with Crippen LogP contribution in [0.3, 0.4) is 0 Å². The number of hydrogen-bond acceptors (Lipinski definition) is 2. The van der Waals surface area contributed by atoms with Crippen LogP contribution in [0.1, 0.15) is 31.2 Å². The van der Waals surface area contributed by atoms with Gasteiger partial charge in [0.25, 0.3) is 0 Å². The van der Waals surface area contributed by atoms with Crippen LogP contribution in [0.2, 0.25) is 0 Å². The van der Waals surface area contributed by atoms with E-state index in [2.05, 4.69) is 10.6 Å². The van der Waals surface area contributed by atoms with Gasteiger partial charge in [0.05, 0.1) is 5.56 Å². The standard InChI is InChI=1S/C15H19F3N2O/c16-15(17,18)12-2-1-3-13(10-12)20-14(21)5-4-11-6-8-19-9-7-11/h1-3,10-11,19H,4-9H2,(H,20,21). The van der Waals surface area contributed by atoms with Crippen molar-refractivity contribution in [2.45, 2.75) is 31.9 Å². The number of carbonyl (C=O) groups is 1. The second-order valence-electron chi connectivity index (χ2n) is 5.36. The summed E-state index contributed by atoms with van der Waals surface area (Å²) in [5, 5.41) is 5.79. The lowest BCUT2D eigenvalue weighted by Crippen LogP contribution is -2.28. The molecule has 0 bridgehead atoms. The van der Waals surface area contributed by atoms with Crippen molar-refractivity contribution < 1.29 is 18.0 Å². The molecule has 2 N–H and O–H groups in total. The molecule has 1 aromatic carbocycles. The Morgan fingerprint density at radius 2 is 2.00 bits per heavy atom. The fourth-order valence-corrected chi connectivity index (χ4v) is 2.50. The van der Waals surface area contributed by atoms with Gasteiger partial charge >= 0.3 is 6.18 Å². The normalized spacial score (nSPS) is 16.7. The molecular formula is C15H19F3N2O. The molecule has 3 nitrogen and oxygen atoms in total. The SMILES string of the molecule is O=C(CCC1CCNCC1)Nc1cccc(C(F)(F)F)c1. The van der Waals surface area contributed by atoms with E-state index in [1.807, 2.05) is 0 Å². The highest BCUT2D eigenvalue weighted by atomic mass is 19.4. The Balaban J connectivity index is 1.84. The van der Waals surface area contributed by atoms with Crippen molar-refractivity contribution >= 4 is 11.6 Å². The molecule has 0 spiro atoms. The summed E-state index contributed by atoms with van der Waals surface area (Å²) >= 11 is 0. The maximum Gasteiger partial charge on any atom is 0.416 e. The Hall–Kier alpha value is -1.56. The molecule has 1 aromatic rings. The van der Waals surface area contributed by atoms with E-state index in [1.54, 1.807) is 0 Å². The molecule has 0 aliphatic carbocycles. The van der Waals surface area contributed by atoms with Crippen molar-refractivity contribution in [3.05, 3.63) is 29.8 Å². The van der Waals surface area contributed by atoms with Crippen LogP contribution in [0, 0.1) is 5.92 Å². The van der Waals surface area contributed by atoms with Gasteiger partial charge in [-0.1, -0.05) is 6.07 Å². The summed E-state index contributed by atoms with van der Waals surface area (Å²) in [5.41, 5.74) is -0.557. The average Bonchev–Trinajstić information content (AvgIpc) is 2.46. The van der Waals surface area contributed by atoms with Crippen molar-refractivity contribution in [1.29, 1.82) is 0 Å². The number of amides is 1. The summed E-state index contributed by atoms with van der Waals surface area (Å²) in [6.07, 6.45) is -1.16. The monoisotopic (exact) mass is 300 g/mol. The maximum absolute atomic E-state index is 12.6. The van der Waals surface area contributed by atoms with Gasteiger partial charge in [-0.15, -0.1) is 0 Å². The van der Waals surface area contributed by atoms with Crippen molar-refractivity contribution in [3.8, 4) is 0 Å². The number of rotatable bonds is 4. The Kier molecular flexibility index (Phi) is 5.22. The molecule has 1 heterocycles. The van der Waals surface area contributed by atoms with Gasteiger partial charge in [-0.05, 0) is 56.5 Å². The van der Waals surface area contributed by atoms with E-state index < -0.39 is 11.7 Å². The predicted molar refractivity (Wildman–Crippen MR) is 74.9 cm³/mol. The molecule has 0 saturated carbocycles. The van der Waals surface area contributed by atoms with E-state index in [-0.39, 0.29) is 11.6 Å². The Bertz CT molecular complexity index is 482. The zero-order valence-electron chi connectivity index (χ0n) is 11.7. The number of nitrogens with one attached hydrogen (secondary N) is 2. The van der Waals surface area contributed by atoms with Gasteiger partial charge in [-0.25, -0.2) is 0 Å². The molecule has 1 amide bonds. The molecule has 21 heavy (non-hydrogen) atoms. The van der Waals surface area contributed by atoms with Gasteiger partial charge in [0.2, 0.25) is 5.91 Å². The fourth-order valence-electron chi connectivity index (χ4n) is 2.50. The van der Waals surface area contributed by atoms with Gasteiger partial charge < -0.3 is 10.6 Å². The fraction of sp³-hybridized carbons (Fsp3) is 0.533. The highest BCUT2D eigenvalue weighted by molar-refractivity contribution is 5.90. The zero-order valence-corrected chi connectivity index (χ0v) is 11.7. The first-order chi connectivity index (χ1) is 9.95. The molecular weight excluding hydrogens is 281 g/mol. The summed E-state index contributed by atoms with van der Waals surface area (Å²) in [6, 6.07) is 4.72. The lowest BCUT2D eigenvalue weighted by atomic mass is 9.93. The van der Waals surface area contributed by atoms with Gasteiger partial charge in [-0.3, -0.25) is 4.79 Å². The zero-order chi connectivity index (χ0) is 15.3. The first kappa shape index (κ1) is 15.8. The Labute approximate surface area is 121 Å². The molecule has 1 aliphatic heterocycles. The first-order valence-corrected chi connectivity index (χ1v) is 7.13. The predicted octanol–water partition coefficient (Wildman–Crippen LogP) is 3.42. The van der Waals surface area contributed by atoms with Crippen molar-refractivity contribution in [2.24, 2.45) is 5.92 Å². The maximum atomic E-state index is 12.6. The molecule has 0 unspecified atom stereocenters. The van der Waals surface area contributed by atoms with Crippen LogP contribution in [0.15, 0.2) is 24.3 Å². The van der Waals surface area contributed by atoms with Crippen LogP contribution in [0.4, 0.5) is 18.9 Å². The summed E-state index contributed by atoms with van der Waals surface area (Å²) in [6.45, 7) is 1.94. The van der Waals surface area contributed by atoms with Gasteiger partial charge in [0.15, 0.2) is 0 Å². The molecule has 2 rings (SSSR count). The summed E-state index contributed by atoms with van der Waals surface area (Å²) < 4.78 is 37.7. The number of alkyl halides is 3. The van der Waals surface area contributed by atoms with E-state index >= 15 is 0 Å². The van der Waals surface area contributed by atoms with E-state index in [0.29, 0.717) is 12.3 Å². The lowest BCUT2D eigenvalue weighted by Gasteiger charge is -2.22. The average molecular weight is 300 g/mol. The van der Waals surface area contributed by atoms with E-state index in [0.717, 1.165) is 44.5 Å². The topological polar surface area (TPSA) is 41.1 Å². The second-order valence-corrected chi connectivity index (χ2v) is 5.36. The Morgan fingerprint density at radius 1 is 1.29 bits per heavy atom. The first-order valence-electron chi connectivity index (χ1n) is 7.13. The van der Waals surface area contributed by atoms with E-state index in [1.165, 1.54) is 12.1 Å². The minimum Gasteiger partial charge on any atom is -0.326 e. The molecule has 6 heteroatoms. The molecule has 1 fully saturated rings. The van der Waals surface area contributed by atoms with E-state index in [4.69, 9.17) is 0 Å². The third-order valence-corrected chi connectivity index (χ3v) is 3.71. The van der Waals surface area contributed by atoms with Gasteiger partial charge in [0.1, 0.15) is 0 Å². The number of benzene rings is 1. The molecule has 0 radical (unpaired) electrons. The molecule has 1 aliphatic rings. The van der Waals surface area contributed by atoms with Crippen LogP contribution >= 0.6 is 0 Å². The Morgan fingerprint density at radius 3 is 2.67 bits per heavy atom. The van der Waals surface area contributed by atoms with Crippen LogP contribution in [-0.4, -0.2) is 19.0 Å². The second kappa shape index (κ2) is 6.93. The van der Waals surface area contributed by atoms with Crippen LogP contribution < -0.4 is 10.6 Å². The largest absolute Gasteiger partial charge is 0.416 e. The summed E-state index contributed by atoms with van der Waals surface area (Å²) in [4.78, 5) is 11.8. The smallest absolute Gasteiger partial charge is 0.326 e. The third kappa shape index (κ3) is 5.04. The minimum absolute atomic E-state index is 0.195. The highest BCUT2D eigenvalue weighted by Crippen LogP contribution is 2.30. The summed E-state index contributed by atoms with van der Waals surface area (Å²) in [7, 11) is 0. The van der Waals surface area contributed by atoms with E-state index in [9.17, 15) is 18.0 Å². The van der Waals surface area contributed by atoms with Gasteiger partial charge in [-0.2, -0.15) is 13.2 Å². The van der Waals surface area contributed by atoms with Crippen molar-refractivity contribution in [3.63, 3.8) is 0 Å². The van der Waals surface area contributed by atoms with Crippen LogP contribution in [-0.2, 0) is 11.0 Å². The van der Waals surface area contributed by atoms with Crippen molar-refractivity contribution in [2.75, 3.05) is 18.4 Å².